The van der Waals surface area contributed by atoms with Crippen molar-refractivity contribution in [3.8, 4) is 17.1 Å². The van der Waals surface area contributed by atoms with Gasteiger partial charge in [0.2, 0.25) is 11.8 Å². The first-order chi connectivity index (χ1) is 17.2. The van der Waals surface area contributed by atoms with E-state index < -0.39 is 0 Å². The minimum Gasteiger partial charge on any atom is -0.481 e. The van der Waals surface area contributed by atoms with Gasteiger partial charge in [-0.3, -0.25) is 9.69 Å². The molecule has 1 aliphatic rings. The third kappa shape index (κ3) is 4.46. The Morgan fingerprint density at radius 2 is 1.94 bits per heavy atom. The Hall–Kier alpha value is -3.39. The molecule has 1 N–H and O–H groups in total. The van der Waals surface area contributed by atoms with Crippen LogP contribution in [0.2, 0.25) is 0 Å². The first-order valence-corrected chi connectivity index (χ1v) is 12.7. The number of likely N-dealkylation sites (tertiary alicyclic amines) is 1. The van der Waals surface area contributed by atoms with Crippen LogP contribution in [-0.2, 0) is 4.79 Å². The lowest BCUT2D eigenvalue weighted by atomic mass is 9.87. The summed E-state index contributed by atoms with van der Waals surface area (Å²) in [6.45, 7) is 8.80. The van der Waals surface area contributed by atoms with E-state index in [1.54, 1.807) is 16.5 Å². The predicted octanol–water partition coefficient (Wildman–Crippen LogP) is 4.59. The molecule has 5 rings (SSSR count). The standard InChI is InChI=1S/C28H36N6O2/c1-17(2)27-22-13-20(19-9-11-33(12-10-19)16-25(35)32(4)5)7-8-23(22)30-28(27)21-14-24-29-18(3)31-34(24)26(15-21)36-6/h7-8,13-15,17,19,30H,9-12,16H2,1-6H3. The number of hydrogen-bond acceptors (Lipinski definition) is 5. The Morgan fingerprint density at radius 1 is 1.19 bits per heavy atom. The third-order valence-corrected chi connectivity index (χ3v) is 7.37. The van der Waals surface area contributed by atoms with Crippen molar-refractivity contribution >= 4 is 22.5 Å². The quantitative estimate of drug-likeness (QED) is 0.430. The molecule has 0 radical (unpaired) electrons. The van der Waals surface area contributed by atoms with E-state index in [2.05, 4.69) is 58.1 Å². The van der Waals surface area contributed by atoms with Crippen LogP contribution >= 0.6 is 0 Å². The van der Waals surface area contributed by atoms with E-state index in [1.807, 2.05) is 27.1 Å². The molecule has 8 nitrogen and oxygen atoms in total. The molecule has 4 heterocycles. The highest BCUT2D eigenvalue weighted by Crippen LogP contribution is 2.39. The van der Waals surface area contributed by atoms with Gasteiger partial charge in [0.15, 0.2) is 5.65 Å². The number of carbonyl (C=O) groups excluding carboxylic acids is 1. The summed E-state index contributed by atoms with van der Waals surface area (Å²) in [7, 11) is 5.31. The van der Waals surface area contributed by atoms with Gasteiger partial charge in [-0.1, -0.05) is 19.9 Å². The van der Waals surface area contributed by atoms with Crippen molar-refractivity contribution in [3.63, 3.8) is 0 Å². The normalized spacial score (nSPS) is 15.3. The number of H-pyrrole nitrogens is 1. The van der Waals surface area contributed by atoms with E-state index in [4.69, 9.17) is 4.74 Å². The lowest BCUT2D eigenvalue weighted by Crippen LogP contribution is -2.40. The van der Waals surface area contributed by atoms with Gasteiger partial charge in [0, 0.05) is 36.6 Å². The molecule has 0 spiro atoms. The molecule has 0 saturated carbocycles. The molecule has 36 heavy (non-hydrogen) atoms. The molecule has 1 fully saturated rings. The van der Waals surface area contributed by atoms with Crippen molar-refractivity contribution in [3.05, 3.63) is 47.3 Å². The zero-order valence-corrected chi connectivity index (χ0v) is 22.1. The predicted molar refractivity (Wildman–Crippen MR) is 143 cm³/mol. The number of nitrogens with zero attached hydrogens (tertiary/aromatic N) is 5. The Kier molecular flexibility index (Phi) is 6.47. The third-order valence-electron chi connectivity index (χ3n) is 7.37. The number of rotatable bonds is 6. The van der Waals surface area contributed by atoms with Crippen LogP contribution in [0.4, 0.5) is 0 Å². The minimum absolute atomic E-state index is 0.174. The highest BCUT2D eigenvalue weighted by atomic mass is 16.5. The molecule has 4 aromatic rings. The van der Waals surface area contributed by atoms with Gasteiger partial charge in [-0.2, -0.15) is 4.52 Å². The monoisotopic (exact) mass is 488 g/mol. The number of amides is 1. The highest BCUT2D eigenvalue weighted by Gasteiger charge is 2.24. The van der Waals surface area contributed by atoms with Crippen molar-refractivity contribution in [1.29, 1.82) is 0 Å². The fourth-order valence-electron chi connectivity index (χ4n) is 5.42. The highest BCUT2D eigenvalue weighted by molar-refractivity contribution is 5.92. The Labute approximate surface area is 212 Å². The molecule has 1 saturated heterocycles. The van der Waals surface area contributed by atoms with E-state index in [-0.39, 0.29) is 5.91 Å². The molecule has 0 unspecified atom stereocenters. The molecule has 0 aliphatic carbocycles. The van der Waals surface area contributed by atoms with E-state index in [0.29, 0.717) is 30.1 Å². The van der Waals surface area contributed by atoms with Crippen molar-refractivity contribution in [2.75, 3.05) is 40.8 Å². The maximum Gasteiger partial charge on any atom is 0.236 e. The van der Waals surface area contributed by atoms with Crippen molar-refractivity contribution in [2.45, 2.75) is 45.4 Å². The summed E-state index contributed by atoms with van der Waals surface area (Å²) >= 11 is 0. The number of methoxy groups -OCH3 is 1. The number of hydrogen-bond donors (Lipinski definition) is 1. The van der Waals surface area contributed by atoms with Crippen LogP contribution in [0.5, 0.6) is 5.88 Å². The summed E-state index contributed by atoms with van der Waals surface area (Å²) in [6.07, 6.45) is 2.14. The fourth-order valence-corrected chi connectivity index (χ4v) is 5.42. The molecule has 8 heteroatoms. The number of aryl methyl sites for hydroxylation is 1. The van der Waals surface area contributed by atoms with Crippen LogP contribution < -0.4 is 4.74 Å². The Morgan fingerprint density at radius 3 is 2.61 bits per heavy atom. The average Bonchev–Trinajstić information content (AvgIpc) is 3.43. The zero-order chi connectivity index (χ0) is 25.6. The van der Waals surface area contributed by atoms with Gasteiger partial charge in [-0.25, -0.2) is 4.98 Å². The smallest absolute Gasteiger partial charge is 0.236 e. The van der Waals surface area contributed by atoms with Crippen molar-refractivity contribution in [1.82, 2.24) is 29.4 Å². The summed E-state index contributed by atoms with van der Waals surface area (Å²) in [5.74, 6) is 2.40. The first-order valence-electron chi connectivity index (χ1n) is 12.7. The molecule has 0 bridgehead atoms. The van der Waals surface area contributed by atoms with Gasteiger partial charge in [-0.05, 0) is 74.0 Å². The van der Waals surface area contributed by atoms with Gasteiger partial charge in [0.05, 0.1) is 19.3 Å². The number of nitrogens with one attached hydrogen (secondary N) is 1. The average molecular weight is 489 g/mol. The number of pyridine rings is 1. The maximum atomic E-state index is 12.1. The Bertz CT molecular complexity index is 1410. The molecular weight excluding hydrogens is 452 g/mol. The van der Waals surface area contributed by atoms with Crippen molar-refractivity contribution in [2.24, 2.45) is 0 Å². The summed E-state index contributed by atoms with van der Waals surface area (Å²) in [5.41, 5.74) is 6.76. The van der Waals surface area contributed by atoms with E-state index in [0.717, 1.165) is 48.4 Å². The van der Waals surface area contributed by atoms with Crippen LogP contribution in [-0.4, -0.2) is 76.1 Å². The van der Waals surface area contributed by atoms with Crippen LogP contribution in [0.25, 0.3) is 27.8 Å². The van der Waals surface area contributed by atoms with Crippen LogP contribution in [0.3, 0.4) is 0 Å². The van der Waals surface area contributed by atoms with Gasteiger partial charge in [0.25, 0.3) is 0 Å². The van der Waals surface area contributed by atoms with E-state index in [9.17, 15) is 4.79 Å². The van der Waals surface area contributed by atoms with Crippen LogP contribution in [0, 0.1) is 6.92 Å². The molecule has 1 amide bonds. The summed E-state index contributed by atoms with van der Waals surface area (Å²) in [6, 6.07) is 11.0. The first kappa shape index (κ1) is 24.3. The second kappa shape index (κ2) is 9.58. The van der Waals surface area contributed by atoms with Gasteiger partial charge >= 0.3 is 0 Å². The topological polar surface area (TPSA) is 78.8 Å². The minimum atomic E-state index is 0.174. The number of ether oxygens (including phenoxy) is 1. The summed E-state index contributed by atoms with van der Waals surface area (Å²) in [5, 5.41) is 5.73. The van der Waals surface area contributed by atoms with Gasteiger partial charge in [-0.15, -0.1) is 5.10 Å². The van der Waals surface area contributed by atoms with Crippen molar-refractivity contribution < 1.29 is 9.53 Å². The molecule has 190 valence electrons. The molecule has 1 aromatic carbocycles. The number of aromatic amines is 1. The number of carbonyl (C=O) groups is 1. The molecule has 3 aromatic heterocycles. The summed E-state index contributed by atoms with van der Waals surface area (Å²) in [4.78, 5) is 24.3. The lowest BCUT2D eigenvalue weighted by molar-refractivity contribution is -0.130. The van der Waals surface area contributed by atoms with Crippen LogP contribution in [0.1, 0.15) is 55.5 Å². The number of likely N-dealkylation sites (N-methyl/N-ethyl adjacent to an activating group) is 1. The number of aromatic nitrogens is 4. The zero-order valence-electron chi connectivity index (χ0n) is 22.1. The second-order valence-electron chi connectivity index (χ2n) is 10.4. The number of benzene rings is 1. The van der Waals surface area contributed by atoms with Crippen LogP contribution in [0.15, 0.2) is 30.3 Å². The largest absolute Gasteiger partial charge is 0.481 e. The fraction of sp³-hybridized carbons (Fsp3) is 0.464. The Balaban J connectivity index is 1.48. The van der Waals surface area contributed by atoms with E-state index >= 15 is 0 Å². The van der Waals surface area contributed by atoms with Gasteiger partial charge in [0.1, 0.15) is 5.82 Å². The number of piperidine rings is 1. The molecule has 1 aliphatic heterocycles. The molecule has 0 atom stereocenters. The SMILES string of the molecule is COc1cc(-c2[nH]c3ccc(C4CCN(CC(=O)N(C)C)CC4)cc3c2C(C)C)cc2nc(C)nn12. The maximum absolute atomic E-state index is 12.1. The second-order valence-corrected chi connectivity index (χ2v) is 10.4. The molecular formula is C28H36N6O2. The lowest BCUT2D eigenvalue weighted by Gasteiger charge is -2.32. The number of fused-ring (bicyclic) bond motifs is 2. The van der Waals surface area contributed by atoms with E-state index in [1.165, 1.54) is 16.5 Å². The summed E-state index contributed by atoms with van der Waals surface area (Å²) < 4.78 is 7.38. The van der Waals surface area contributed by atoms with Gasteiger partial charge < -0.3 is 14.6 Å².